The Morgan fingerprint density at radius 2 is 1.74 bits per heavy atom. The second kappa shape index (κ2) is 7.31. The van der Waals surface area contributed by atoms with Gasteiger partial charge in [0.25, 0.3) is 11.8 Å². The largest absolute Gasteiger partial charge is 0.483 e. The van der Waals surface area contributed by atoms with Crippen molar-refractivity contribution in [3.05, 3.63) is 54.1 Å². The van der Waals surface area contributed by atoms with Crippen LogP contribution in [0.3, 0.4) is 0 Å². The standard InChI is InChI=1S/C17H19N3O3/c1-20(2)13-9-7-12(8-10-13)19-16(21)11-23-15-6-4-3-5-14(15)17(18)22/h3-10H,11H2,1-2H3,(H2,18,22)(H,19,21). The molecule has 2 amide bonds. The number of hydrogen-bond acceptors (Lipinski definition) is 4. The van der Waals surface area contributed by atoms with Crippen molar-refractivity contribution in [3.8, 4) is 5.75 Å². The van der Waals surface area contributed by atoms with Crippen LogP contribution in [0, 0.1) is 0 Å². The van der Waals surface area contributed by atoms with Crippen molar-refractivity contribution in [2.75, 3.05) is 30.9 Å². The first-order valence-electron chi connectivity index (χ1n) is 7.06. The lowest BCUT2D eigenvalue weighted by Crippen LogP contribution is -2.21. The average molecular weight is 313 g/mol. The molecule has 120 valence electrons. The Labute approximate surface area is 134 Å². The Morgan fingerprint density at radius 1 is 1.09 bits per heavy atom. The molecule has 0 unspecified atom stereocenters. The lowest BCUT2D eigenvalue weighted by molar-refractivity contribution is -0.118. The highest BCUT2D eigenvalue weighted by atomic mass is 16.5. The van der Waals surface area contributed by atoms with Crippen molar-refractivity contribution in [2.24, 2.45) is 5.73 Å². The Bertz CT molecular complexity index is 696. The van der Waals surface area contributed by atoms with Gasteiger partial charge in [-0.3, -0.25) is 9.59 Å². The molecule has 6 heteroatoms. The molecule has 0 atom stereocenters. The van der Waals surface area contributed by atoms with Crippen molar-refractivity contribution < 1.29 is 14.3 Å². The number of hydrogen-bond donors (Lipinski definition) is 2. The van der Waals surface area contributed by atoms with E-state index >= 15 is 0 Å². The summed E-state index contributed by atoms with van der Waals surface area (Å²) in [6.45, 7) is -0.209. The zero-order valence-corrected chi connectivity index (χ0v) is 13.1. The van der Waals surface area contributed by atoms with Gasteiger partial charge < -0.3 is 20.7 Å². The molecular weight excluding hydrogens is 294 g/mol. The van der Waals surface area contributed by atoms with Gasteiger partial charge in [0.2, 0.25) is 0 Å². The summed E-state index contributed by atoms with van der Waals surface area (Å²) < 4.78 is 5.37. The van der Waals surface area contributed by atoms with E-state index in [0.717, 1.165) is 5.69 Å². The van der Waals surface area contributed by atoms with E-state index in [1.165, 1.54) is 0 Å². The van der Waals surface area contributed by atoms with Crippen LogP contribution in [0.4, 0.5) is 11.4 Å². The highest BCUT2D eigenvalue weighted by molar-refractivity contribution is 5.96. The van der Waals surface area contributed by atoms with Gasteiger partial charge in [0.05, 0.1) is 5.56 Å². The van der Waals surface area contributed by atoms with Gasteiger partial charge in [-0.25, -0.2) is 0 Å². The highest BCUT2D eigenvalue weighted by Gasteiger charge is 2.10. The topological polar surface area (TPSA) is 84.7 Å². The third kappa shape index (κ3) is 4.47. The van der Waals surface area contributed by atoms with Crippen molar-refractivity contribution in [2.45, 2.75) is 0 Å². The van der Waals surface area contributed by atoms with E-state index in [9.17, 15) is 9.59 Å². The molecule has 0 aromatic heterocycles. The first-order valence-corrected chi connectivity index (χ1v) is 7.06. The van der Waals surface area contributed by atoms with Crippen LogP contribution in [0.15, 0.2) is 48.5 Å². The molecule has 2 rings (SSSR count). The molecule has 0 fully saturated rings. The Balaban J connectivity index is 1.94. The maximum Gasteiger partial charge on any atom is 0.262 e. The SMILES string of the molecule is CN(C)c1ccc(NC(=O)COc2ccccc2C(N)=O)cc1. The maximum absolute atomic E-state index is 11.9. The van der Waals surface area contributed by atoms with Gasteiger partial charge in [-0.05, 0) is 36.4 Å². The summed E-state index contributed by atoms with van der Waals surface area (Å²) >= 11 is 0. The fraction of sp³-hybridized carbons (Fsp3) is 0.176. The van der Waals surface area contributed by atoms with E-state index in [2.05, 4.69) is 5.32 Å². The minimum atomic E-state index is -0.597. The third-order valence-electron chi connectivity index (χ3n) is 3.18. The van der Waals surface area contributed by atoms with Gasteiger partial charge in [-0.1, -0.05) is 12.1 Å². The van der Waals surface area contributed by atoms with Gasteiger partial charge in [0.1, 0.15) is 5.75 Å². The van der Waals surface area contributed by atoms with E-state index in [1.807, 2.05) is 43.3 Å². The molecule has 0 radical (unpaired) electrons. The lowest BCUT2D eigenvalue weighted by Gasteiger charge is -2.13. The Morgan fingerprint density at radius 3 is 2.35 bits per heavy atom. The molecule has 0 spiro atoms. The van der Waals surface area contributed by atoms with Crippen molar-refractivity contribution in [1.29, 1.82) is 0 Å². The Kier molecular flexibility index (Phi) is 5.19. The van der Waals surface area contributed by atoms with Gasteiger partial charge in [0.15, 0.2) is 6.61 Å². The van der Waals surface area contributed by atoms with Crippen molar-refractivity contribution >= 4 is 23.2 Å². The number of ether oxygens (including phenoxy) is 1. The quantitative estimate of drug-likeness (QED) is 0.852. The molecule has 6 nitrogen and oxygen atoms in total. The predicted molar refractivity (Wildman–Crippen MR) is 89.9 cm³/mol. The second-order valence-corrected chi connectivity index (χ2v) is 5.14. The average Bonchev–Trinajstić information content (AvgIpc) is 2.53. The molecule has 0 aliphatic heterocycles. The summed E-state index contributed by atoms with van der Waals surface area (Å²) in [7, 11) is 3.88. The normalized spacial score (nSPS) is 10.0. The minimum absolute atomic E-state index is 0.209. The van der Waals surface area contributed by atoms with Crippen LogP contribution in [0.2, 0.25) is 0 Å². The van der Waals surface area contributed by atoms with Gasteiger partial charge in [0, 0.05) is 25.5 Å². The summed E-state index contributed by atoms with van der Waals surface area (Å²) in [5.41, 5.74) is 7.22. The van der Waals surface area contributed by atoms with E-state index in [4.69, 9.17) is 10.5 Å². The van der Waals surface area contributed by atoms with Crippen LogP contribution in [0.5, 0.6) is 5.75 Å². The smallest absolute Gasteiger partial charge is 0.262 e. The van der Waals surface area contributed by atoms with Crippen LogP contribution in [-0.4, -0.2) is 32.5 Å². The number of amides is 2. The third-order valence-corrected chi connectivity index (χ3v) is 3.18. The van der Waals surface area contributed by atoms with Gasteiger partial charge >= 0.3 is 0 Å². The molecule has 2 aromatic carbocycles. The number of para-hydroxylation sites is 1. The van der Waals surface area contributed by atoms with Crippen LogP contribution in [0.25, 0.3) is 0 Å². The van der Waals surface area contributed by atoms with Gasteiger partial charge in [-0.15, -0.1) is 0 Å². The van der Waals surface area contributed by atoms with Crippen LogP contribution in [0.1, 0.15) is 10.4 Å². The fourth-order valence-corrected chi connectivity index (χ4v) is 1.98. The molecule has 0 aliphatic rings. The monoisotopic (exact) mass is 313 g/mol. The Hall–Kier alpha value is -3.02. The van der Waals surface area contributed by atoms with Crippen LogP contribution >= 0.6 is 0 Å². The van der Waals surface area contributed by atoms with Crippen molar-refractivity contribution in [3.63, 3.8) is 0 Å². The number of carbonyl (C=O) groups is 2. The molecule has 2 aromatic rings. The predicted octanol–water partition coefficient (Wildman–Crippen LogP) is 1.87. The molecule has 0 heterocycles. The molecule has 0 saturated heterocycles. The fourth-order valence-electron chi connectivity index (χ4n) is 1.98. The minimum Gasteiger partial charge on any atom is -0.483 e. The number of nitrogens with two attached hydrogens (primary N) is 1. The molecule has 23 heavy (non-hydrogen) atoms. The summed E-state index contributed by atoms with van der Waals surface area (Å²) in [6.07, 6.45) is 0. The van der Waals surface area contributed by atoms with Crippen molar-refractivity contribution in [1.82, 2.24) is 0 Å². The van der Waals surface area contributed by atoms with Gasteiger partial charge in [-0.2, -0.15) is 0 Å². The maximum atomic E-state index is 11.9. The first-order chi connectivity index (χ1) is 11.0. The highest BCUT2D eigenvalue weighted by Crippen LogP contribution is 2.18. The summed E-state index contributed by atoms with van der Waals surface area (Å²) in [4.78, 5) is 25.2. The summed E-state index contributed by atoms with van der Waals surface area (Å²) in [6, 6.07) is 14.0. The molecule has 0 aliphatic carbocycles. The molecule has 0 saturated carbocycles. The number of nitrogens with zero attached hydrogens (tertiary/aromatic N) is 1. The number of carbonyl (C=O) groups excluding carboxylic acids is 2. The zero-order chi connectivity index (χ0) is 16.8. The van der Waals surface area contributed by atoms with Crippen LogP contribution < -0.4 is 20.7 Å². The number of primary amides is 1. The number of benzene rings is 2. The summed E-state index contributed by atoms with van der Waals surface area (Å²) in [5, 5.41) is 2.73. The van der Waals surface area contributed by atoms with E-state index in [1.54, 1.807) is 24.3 Å². The molecule has 3 N–H and O–H groups in total. The van der Waals surface area contributed by atoms with E-state index in [-0.39, 0.29) is 23.8 Å². The number of rotatable bonds is 6. The van der Waals surface area contributed by atoms with Crippen LogP contribution in [-0.2, 0) is 4.79 Å². The first kappa shape index (κ1) is 16.4. The van der Waals surface area contributed by atoms with E-state index in [0.29, 0.717) is 5.69 Å². The summed E-state index contributed by atoms with van der Waals surface area (Å²) in [5.74, 6) is -0.625. The lowest BCUT2D eigenvalue weighted by atomic mass is 10.2. The van der Waals surface area contributed by atoms with E-state index < -0.39 is 5.91 Å². The molecular formula is C17H19N3O3. The second-order valence-electron chi connectivity index (χ2n) is 5.14. The zero-order valence-electron chi connectivity index (χ0n) is 13.1. The number of anilines is 2. The molecule has 0 bridgehead atoms. The number of nitrogens with one attached hydrogen (secondary N) is 1.